The van der Waals surface area contributed by atoms with Gasteiger partial charge in [0.15, 0.2) is 0 Å². The normalized spacial score (nSPS) is 22.4. The lowest BCUT2D eigenvalue weighted by atomic mass is 9.86. The van der Waals surface area contributed by atoms with Gasteiger partial charge in [0, 0.05) is 32.1 Å². The average molecular weight is 284 g/mol. The lowest BCUT2D eigenvalue weighted by Crippen LogP contribution is -2.58. The van der Waals surface area contributed by atoms with Crippen molar-refractivity contribution < 1.29 is 14.3 Å². The molecule has 0 spiro atoms. The molecule has 5 heteroatoms. The minimum atomic E-state index is -0.486. The zero-order valence-electron chi connectivity index (χ0n) is 13.8. The summed E-state index contributed by atoms with van der Waals surface area (Å²) in [6.45, 7) is 11.8. The van der Waals surface area contributed by atoms with Crippen LogP contribution in [0.2, 0.25) is 0 Å². The zero-order valence-corrected chi connectivity index (χ0v) is 13.8. The molecular formula is C15H28N2O3. The van der Waals surface area contributed by atoms with E-state index in [4.69, 9.17) is 4.74 Å². The zero-order chi connectivity index (χ0) is 15.7. The van der Waals surface area contributed by atoms with Crippen molar-refractivity contribution >= 4 is 12.0 Å². The van der Waals surface area contributed by atoms with Gasteiger partial charge in [0.2, 0.25) is 5.91 Å². The van der Waals surface area contributed by atoms with E-state index in [1.165, 1.54) is 0 Å². The summed E-state index contributed by atoms with van der Waals surface area (Å²) in [5, 5.41) is 0. The predicted octanol–water partition coefficient (Wildman–Crippen LogP) is 2.64. The lowest BCUT2D eigenvalue weighted by molar-refractivity contribution is -0.131. The first-order valence-corrected chi connectivity index (χ1v) is 7.18. The third-order valence-electron chi connectivity index (χ3n) is 3.81. The molecule has 0 aromatic heterocycles. The van der Waals surface area contributed by atoms with Gasteiger partial charge in [0.1, 0.15) is 5.60 Å². The van der Waals surface area contributed by atoms with Crippen LogP contribution in [-0.2, 0) is 9.53 Å². The molecule has 0 unspecified atom stereocenters. The maximum Gasteiger partial charge on any atom is 0.410 e. The summed E-state index contributed by atoms with van der Waals surface area (Å²) in [6, 6.07) is 0.182. The van der Waals surface area contributed by atoms with Gasteiger partial charge in [-0.05, 0) is 47.5 Å². The summed E-state index contributed by atoms with van der Waals surface area (Å²) in [4.78, 5) is 27.3. The number of carbonyl (C=O) groups is 2. The van der Waals surface area contributed by atoms with E-state index in [0.717, 1.165) is 12.8 Å². The molecule has 1 saturated heterocycles. The topological polar surface area (TPSA) is 49.9 Å². The van der Waals surface area contributed by atoms with Gasteiger partial charge in [-0.25, -0.2) is 4.79 Å². The summed E-state index contributed by atoms with van der Waals surface area (Å²) < 4.78 is 5.46. The van der Waals surface area contributed by atoms with Crippen LogP contribution in [0.5, 0.6) is 0 Å². The molecule has 1 aliphatic heterocycles. The second-order valence-corrected chi connectivity index (χ2v) is 7.22. The van der Waals surface area contributed by atoms with Gasteiger partial charge in [-0.2, -0.15) is 0 Å². The maximum absolute atomic E-state index is 12.3. The molecule has 0 saturated carbocycles. The van der Waals surface area contributed by atoms with E-state index in [9.17, 15) is 9.59 Å². The molecule has 1 heterocycles. The highest BCUT2D eigenvalue weighted by atomic mass is 16.6. The Balaban J connectivity index is 2.76. The molecule has 0 aromatic rings. The molecule has 1 fully saturated rings. The van der Waals surface area contributed by atoms with Crippen molar-refractivity contribution in [2.24, 2.45) is 0 Å². The minimum Gasteiger partial charge on any atom is -0.444 e. The second kappa shape index (κ2) is 5.62. The Morgan fingerprint density at radius 1 is 1.30 bits per heavy atom. The summed E-state index contributed by atoms with van der Waals surface area (Å²) in [7, 11) is 1.83. The van der Waals surface area contributed by atoms with Crippen molar-refractivity contribution in [2.75, 3.05) is 13.6 Å². The predicted molar refractivity (Wildman–Crippen MR) is 78.5 cm³/mol. The van der Waals surface area contributed by atoms with Gasteiger partial charge < -0.3 is 14.5 Å². The third kappa shape index (κ3) is 4.12. The van der Waals surface area contributed by atoms with E-state index in [-0.39, 0.29) is 23.6 Å². The van der Waals surface area contributed by atoms with Crippen molar-refractivity contribution in [2.45, 2.75) is 71.6 Å². The standard InChI is InChI=1S/C15H28N2O3/c1-11(18)16(7)12-8-9-17(15(5,6)10-12)13(19)20-14(2,3)4/h12H,8-10H2,1-7H3/t12-/m0/s1. The Labute approximate surface area is 122 Å². The molecule has 5 nitrogen and oxygen atoms in total. The Hall–Kier alpha value is -1.26. The molecule has 0 radical (unpaired) electrons. The van der Waals surface area contributed by atoms with E-state index in [1.54, 1.807) is 16.7 Å². The maximum atomic E-state index is 12.3. The first-order chi connectivity index (χ1) is 8.94. The number of rotatable bonds is 1. The van der Waals surface area contributed by atoms with E-state index >= 15 is 0 Å². The van der Waals surface area contributed by atoms with Gasteiger partial charge in [-0.15, -0.1) is 0 Å². The molecule has 0 N–H and O–H groups in total. The number of hydrogen-bond acceptors (Lipinski definition) is 3. The quantitative estimate of drug-likeness (QED) is 0.744. The smallest absolute Gasteiger partial charge is 0.410 e. The van der Waals surface area contributed by atoms with Gasteiger partial charge in [0.25, 0.3) is 0 Å². The van der Waals surface area contributed by atoms with Crippen molar-refractivity contribution in [3.63, 3.8) is 0 Å². The molecular weight excluding hydrogens is 256 g/mol. The highest BCUT2D eigenvalue weighted by Gasteiger charge is 2.41. The van der Waals surface area contributed by atoms with Crippen molar-refractivity contribution in [1.29, 1.82) is 0 Å². The van der Waals surface area contributed by atoms with Crippen LogP contribution in [0.1, 0.15) is 54.4 Å². The summed E-state index contributed by atoms with van der Waals surface area (Å²) in [5.74, 6) is 0.0662. The largest absolute Gasteiger partial charge is 0.444 e. The number of amides is 2. The molecule has 0 bridgehead atoms. The monoisotopic (exact) mass is 284 g/mol. The van der Waals surface area contributed by atoms with E-state index < -0.39 is 5.60 Å². The third-order valence-corrected chi connectivity index (χ3v) is 3.81. The van der Waals surface area contributed by atoms with Gasteiger partial charge >= 0.3 is 6.09 Å². The molecule has 1 rings (SSSR count). The number of piperidine rings is 1. The number of hydrogen-bond donors (Lipinski definition) is 0. The number of ether oxygens (including phenoxy) is 1. The first-order valence-electron chi connectivity index (χ1n) is 7.18. The van der Waals surface area contributed by atoms with Crippen molar-refractivity contribution in [3.05, 3.63) is 0 Å². The first kappa shape index (κ1) is 16.8. The van der Waals surface area contributed by atoms with E-state index in [0.29, 0.717) is 6.54 Å². The van der Waals surface area contributed by atoms with Crippen molar-refractivity contribution in [1.82, 2.24) is 9.80 Å². The van der Waals surface area contributed by atoms with Crippen LogP contribution in [0.3, 0.4) is 0 Å². The number of nitrogens with zero attached hydrogens (tertiary/aromatic N) is 2. The van der Waals surface area contributed by atoms with Gasteiger partial charge in [-0.3, -0.25) is 4.79 Å². The number of carbonyl (C=O) groups excluding carboxylic acids is 2. The fraction of sp³-hybridized carbons (Fsp3) is 0.867. The summed E-state index contributed by atoms with van der Waals surface area (Å²) in [6.07, 6.45) is 1.28. The fourth-order valence-corrected chi connectivity index (χ4v) is 2.61. The van der Waals surface area contributed by atoms with Crippen LogP contribution < -0.4 is 0 Å². The number of likely N-dealkylation sites (tertiary alicyclic amines) is 1. The van der Waals surface area contributed by atoms with Crippen LogP contribution in [-0.4, -0.2) is 52.6 Å². The second-order valence-electron chi connectivity index (χ2n) is 7.22. The Bertz CT molecular complexity index is 385. The highest BCUT2D eigenvalue weighted by molar-refractivity contribution is 5.73. The molecule has 0 aliphatic carbocycles. The average Bonchev–Trinajstić information content (AvgIpc) is 2.23. The van der Waals surface area contributed by atoms with Crippen molar-refractivity contribution in [3.8, 4) is 0 Å². The lowest BCUT2D eigenvalue weighted by Gasteiger charge is -2.47. The molecule has 20 heavy (non-hydrogen) atoms. The van der Waals surface area contributed by atoms with E-state index in [1.807, 2.05) is 41.7 Å². The Kier molecular flexibility index (Phi) is 4.72. The SMILES string of the molecule is CC(=O)N(C)[C@H]1CCN(C(=O)OC(C)(C)C)C(C)(C)C1. The van der Waals surface area contributed by atoms with Crippen LogP contribution >= 0.6 is 0 Å². The highest BCUT2D eigenvalue weighted by Crippen LogP contribution is 2.31. The minimum absolute atomic E-state index is 0.0662. The van der Waals surface area contributed by atoms with Crippen LogP contribution in [0, 0.1) is 0 Å². The summed E-state index contributed by atoms with van der Waals surface area (Å²) in [5.41, 5.74) is -0.796. The van der Waals surface area contributed by atoms with Crippen LogP contribution in [0.15, 0.2) is 0 Å². The molecule has 116 valence electrons. The fourth-order valence-electron chi connectivity index (χ4n) is 2.61. The molecule has 1 atom stereocenters. The Morgan fingerprint density at radius 3 is 2.25 bits per heavy atom. The van der Waals surface area contributed by atoms with Crippen LogP contribution in [0.25, 0.3) is 0 Å². The van der Waals surface area contributed by atoms with E-state index in [2.05, 4.69) is 0 Å². The Morgan fingerprint density at radius 2 is 1.85 bits per heavy atom. The van der Waals surface area contributed by atoms with Gasteiger partial charge in [0.05, 0.1) is 0 Å². The molecule has 2 amide bonds. The summed E-state index contributed by atoms with van der Waals surface area (Å²) >= 11 is 0. The van der Waals surface area contributed by atoms with Gasteiger partial charge in [-0.1, -0.05) is 0 Å². The van der Waals surface area contributed by atoms with Crippen LogP contribution in [0.4, 0.5) is 4.79 Å². The molecule has 0 aromatic carbocycles. The molecule has 1 aliphatic rings.